The molecule has 0 bridgehead atoms. The van der Waals surface area contributed by atoms with E-state index in [1.54, 1.807) is 0 Å². The van der Waals surface area contributed by atoms with Gasteiger partial charge in [-0.2, -0.15) is 0 Å². The van der Waals surface area contributed by atoms with E-state index in [1.165, 1.54) is 0 Å². The molecule has 0 unspecified atom stereocenters. The van der Waals surface area contributed by atoms with E-state index in [1.807, 2.05) is 24.0 Å². The van der Waals surface area contributed by atoms with Crippen LogP contribution in [0.15, 0.2) is 12.4 Å². The van der Waals surface area contributed by atoms with Gasteiger partial charge < -0.3 is 8.99 Å². The Hall–Kier alpha value is -0.613. The zero-order chi connectivity index (χ0) is 12.6. The summed E-state index contributed by atoms with van der Waals surface area (Å²) >= 11 is 0. The van der Waals surface area contributed by atoms with Crippen molar-refractivity contribution in [3.8, 4) is 0 Å². The topological polar surface area (TPSA) is 27.1 Å². The highest BCUT2D eigenvalue weighted by atomic mass is 28.4. The van der Waals surface area contributed by atoms with Gasteiger partial charge in [-0.3, -0.25) is 0 Å². The molecule has 1 aromatic rings. The first-order valence-electron chi connectivity index (χ1n) is 5.80. The number of imidazole rings is 1. The van der Waals surface area contributed by atoms with Gasteiger partial charge in [-0.15, -0.1) is 0 Å². The van der Waals surface area contributed by atoms with Crippen molar-refractivity contribution in [1.82, 2.24) is 9.55 Å². The maximum absolute atomic E-state index is 6.28. The number of nitrogens with zero attached hydrogens (tertiary/aromatic N) is 2. The van der Waals surface area contributed by atoms with Crippen LogP contribution in [0.25, 0.3) is 0 Å². The highest BCUT2D eigenvalue weighted by molar-refractivity contribution is 6.74. The van der Waals surface area contributed by atoms with Crippen LogP contribution in [0.5, 0.6) is 0 Å². The quantitative estimate of drug-likeness (QED) is 0.756. The highest BCUT2D eigenvalue weighted by Gasteiger charge is 2.39. The van der Waals surface area contributed by atoms with Gasteiger partial charge in [0, 0.05) is 19.4 Å². The Bertz CT molecular complexity index is 352. The largest absolute Gasteiger partial charge is 0.407 e. The maximum Gasteiger partial charge on any atom is 0.193 e. The molecule has 0 amide bonds. The van der Waals surface area contributed by atoms with Crippen LogP contribution in [0.2, 0.25) is 18.1 Å². The maximum atomic E-state index is 6.28. The van der Waals surface area contributed by atoms with Crippen LogP contribution in [0.3, 0.4) is 0 Å². The van der Waals surface area contributed by atoms with E-state index in [0.29, 0.717) is 0 Å². The highest BCUT2D eigenvalue weighted by Crippen LogP contribution is 2.39. The normalized spacial score (nSPS) is 15.2. The molecular weight excluding hydrogens is 216 g/mol. The SMILES string of the molecule is C[C@H](O[Si](C)(C)C(C)(C)C)c1nccn1C. The average Bonchev–Trinajstić information content (AvgIpc) is 2.48. The zero-order valence-electron chi connectivity index (χ0n) is 11.5. The van der Waals surface area contributed by atoms with Gasteiger partial charge in [0.1, 0.15) is 11.9 Å². The third kappa shape index (κ3) is 2.74. The zero-order valence-corrected chi connectivity index (χ0v) is 12.5. The summed E-state index contributed by atoms with van der Waals surface area (Å²) in [5, 5.41) is 0.242. The molecule has 0 aliphatic rings. The molecule has 0 aromatic carbocycles. The van der Waals surface area contributed by atoms with Crippen molar-refractivity contribution in [2.24, 2.45) is 7.05 Å². The van der Waals surface area contributed by atoms with Gasteiger partial charge in [0.05, 0.1) is 0 Å². The molecule has 4 heteroatoms. The monoisotopic (exact) mass is 240 g/mol. The number of aromatic nitrogens is 2. The second kappa shape index (κ2) is 4.34. The minimum absolute atomic E-state index is 0.0703. The Morgan fingerprint density at radius 1 is 1.38 bits per heavy atom. The van der Waals surface area contributed by atoms with E-state index in [0.717, 1.165) is 5.82 Å². The lowest BCUT2D eigenvalue weighted by Gasteiger charge is -2.38. The molecule has 3 nitrogen and oxygen atoms in total. The standard InChI is InChI=1S/C12H24N2OSi/c1-10(11-13-8-9-14(11)5)15-16(6,7)12(2,3)4/h8-10H,1-7H3/t10-/m0/s1. The lowest BCUT2D eigenvalue weighted by molar-refractivity contribution is 0.190. The predicted molar refractivity (Wildman–Crippen MR) is 69.9 cm³/mol. The van der Waals surface area contributed by atoms with Gasteiger partial charge in [0.25, 0.3) is 0 Å². The first-order valence-corrected chi connectivity index (χ1v) is 8.71. The van der Waals surface area contributed by atoms with Crippen LogP contribution in [-0.2, 0) is 11.5 Å². The molecule has 0 saturated heterocycles. The van der Waals surface area contributed by atoms with Crippen LogP contribution < -0.4 is 0 Å². The third-order valence-electron chi connectivity index (χ3n) is 3.50. The van der Waals surface area contributed by atoms with Gasteiger partial charge in [-0.1, -0.05) is 20.8 Å². The molecule has 1 aromatic heterocycles. The molecule has 0 N–H and O–H groups in total. The first kappa shape index (κ1) is 13.5. The van der Waals surface area contributed by atoms with Crippen molar-refractivity contribution in [3.63, 3.8) is 0 Å². The fraction of sp³-hybridized carbons (Fsp3) is 0.750. The van der Waals surface area contributed by atoms with E-state index in [2.05, 4.69) is 45.8 Å². The van der Waals surface area contributed by atoms with Crippen molar-refractivity contribution in [3.05, 3.63) is 18.2 Å². The molecule has 0 radical (unpaired) electrons. The van der Waals surface area contributed by atoms with Crippen molar-refractivity contribution in [2.75, 3.05) is 0 Å². The Morgan fingerprint density at radius 2 is 1.94 bits per heavy atom. The third-order valence-corrected chi connectivity index (χ3v) is 8.05. The number of rotatable bonds is 3. The van der Waals surface area contributed by atoms with E-state index >= 15 is 0 Å². The summed E-state index contributed by atoms with van der Waals surface area (Å²) in [6.45, 7) is 13.4. The number of hydrogen-bond donors (Lipinski definition) is 0. The molecule has 0 fully saturated rings. The van der Waals surface area contributed by atoms with Gasteiger partial charge in [-0.25, -0.2) is 4.98 Å². The predicted octanol–water partition coefficient (Wildman–Crippen LogP) is 3.50. The van der Waals surface area contributed by atoms with Gasteiger partial charge >= 0.3 is 0 Å². The molecule has 0 spiro atoms. The smallest absolute Gasteiger partial charge is 0.193 e. The number of hydrogen-bond acceptors (Lipinski definition) is 2. The Morgan fingerprint density at radius 3 is 2.31 bits per heavy atom. The fourth-order valence-corrected chi connectivity index (χ4v) is 2.78. The molecule has 92 valence electrons. The Kier molecular flexibility index (Phi) is 3.64. The van der Waals surface area contributed by atoms with Crippen molar-refractivity contribution >= 4 is 8.32 Å². The van der Waals surface area contributed by atoms with Gasteiger partial charge in [0.15, 0.2) is 8.32 Å². The fourth-order valence-electron chi connectivity index (χ4n) is 1.44. The summed E-state index contributed by atoms with van der Waals surface area (Å²) in [5.74, 6) is 1.00. The average molecular weight is 240 g/mol. The van der Waals surface area contributed by atoms with Gasteiger partial charge in [-0.05, 0) is 25.1 Å². The summed E-state index contributed by atoms with van der Waals surface area (Å²) in [6, 6.07) is 0. The number of aryl methyl sites for hydroxylation is 1. The van der Waals surface area contributed by atoms with Crippen LogP contribution in [0.1, 0.15) is 39.6 Å². The lowest BCUT2D eigenvalue weighted by Crippen LogP contribution is -2.41. The lowest BCUT2D eigenvalue weighted by atomic mass is 10.2. The first-order chi connectivity index (χ1) is 7.15. The van der Waals surface area contributed by atoms with E-state index in [9.17, 15) is 0 Å². The minimum atomic E-state index is -1.70. The Labute approximate surface area is 100.0 Å². The summed E-state index contributed by atoms with van der Waals surface area (Å²) in [6.07, 6.45) is 3.85. The molecule has 1 heterocycles. The molecule has 1 atom stereocenters. The summed E-state index contributed by atoms with van der Waals surface area (Å²) in [7, 11) is 0.307. The van der Waals surface area contributed by atoms with E-state index in [4.69, 9.17) is 4.43 Å². The Balaban J connectivity index is 2.80. The summed E-state index contributed by atoms with van der Waals surface area (Å²) < 4.78 is 8.31. The summed E-state index contributed by atoms with van der Waals surface area (Å²) in [5.41, 5.74) is 0. The van der Waals surface area contributed by atoms with Crippen LogP contribution in [-0.4, -0.2) is 17.9 Å². The molecule has 0 aliphatic carbocycles. The molecule has 0 saturated carbocycles. The van der Waals surface area contributed by atoms with Gasteiger partial charge in [0.2, 0.25) is 0 Å². The molecular formula is C12H24N2OSi. The van der Waals surface area contributed by atoms with Crippen LogP contribution >= 0.6 is 0 Å². The molecule has 1 rings (SSSR count). The second-order valence-corrected chi connectivity index (χ2v) is 10.7. The van der Waals surface area contributed by atoms with E-state index < -0.39 is 8.32 Å². The van der Waals surface area contributed by atoms with Crippen molar-refractivity contribution < 1.29 is 4.43 Å². The second-order valence-electron chi connectivity index (χ2n) is 5.92. The van der Waals surface area contributed by atoms with Crippen molar-refractivity contribution in [1.29, 1.82) is 0 Å². The molecule has 16 heavy (non-hydrogen) atoms. The minimum Gasteiger partial charge on any atom is -0.407 e. The van der Waals surface area contributed by atoms with Crippen LogP contribution in [0, 0.1) is 0 Å². The van der Waals surface area contributed by atoms with Crippen LogP contribution in [0.4, 0.5) is 0 Å². The molecule has 0 aliphatic heterocycles. The summed E-state index contributed by atoms with van der Waals surface area (Å²) in [4.78, 5) is 4.34. The van der Waals surface area contributed by atoms with Crippen molar-refractivity contribution in [2.45, 2.75) is 51.9 Å². The van der Waals surface area contributed by atoms with E-state index in [-0.39, 0.29) is 11.1 Å².